The van der Waals surface area contributed by atoms with Crippen molar-refractivity contribution in [3.05, 3.63) is 71.3 Å². The maximum absolute atomic E-state index is 11.3. The zero-order chi connectivity index (χ0) is 15.1. The molecule has 0 aliphatic heterocycles. The fourth-order valence-corrected chi connectivity index (χ4v) is 1.95. The van der Waals surface area contributed by atoms with Crippen LogP contribution in [0.3, 0.4) is 0 Å². The Balaban J connectivity index is 2.05. The van der Waals surface area contributed by atoms with Gasteiger partial charge in [-0.1, -0.05) is 48.5 Å². The van der Waals surface area contributed by atoms with Crippen LogP contribution in [0, 0.1) is 18.9 Å². The van der Waals surface area contributed by atoms with Gasteiger partial charge in [0.05, 0.1) is 0 Å². The van der Waals surface area contributed by atoms with Crippen LogP contribution >= 0.6 is 0 Å². The smallest absolute Gasteiger partial charge is 0.327 e. The highest BCUT2D eigenvalue weighted by atomic mass is 16.4. The largest absolute Gasteiger partial charge is 0.480 e. The van der Waals surface area contributed by atoms with E-state index in [1.807, 2.05) is 61.5 Å². The highest BCUT2D eigenvalue weighted by Gasteiger charge is 2.15. The number of hydrogen-bond acceptors (Lipinski definition) is 2. The van der Waals surface area contributed by atoms with Crippen molar-refractivity contribution in [1.29, 1.82) is 0 Å². The van der Waals surface area contributed by atoms with Gasteiger partial charge in [0.15, 0.2) is 0 Å². The van der Waals surface area contributed by atoms with Gasteiger partial charge < -0.3 is 10.4 Å². The molecule has 106 valence electrons. The second kappa shape index (κ2) is 7.16. The van der Waals surface area contributed by atoms with Crippen molar-refractivity contribution in [2.24, 2.45) is 0 Å². The third kappa shape index (κ3) is 4.39. The van der Waals surface area contributed by atoms with Crippen molar-refractivity contribution in [2.75, 3.05) is 0 Å². The quantitative estimate of drug-likeness (QED) is 0.668. The van der Waals surface area contributed by atoms with Gasteiger partial charge >= 0.3 is 5.97 Å². The lowest BCUT2D eigenvalue weighted by Gasteiger charge is -2.10. The average molecular weight is 279 g/mol. The molecule has 1 atom stereocenters. The number of carboxylic acids is 1. The zero-order valence-corrected chi connectivity index (χ0v) is 11.8. The summed E-state index contributed by atoms with van der Waals surface area (Å²) >= 11 is 0. The van der Waals surface area contributed by atoms with Crippen LogP contribution in [0.4, 0.5) is 0 Å². The normalized spacial score (nSPS) is 11.1. The van der Waals surface area contributed by atoms with E-state index in [1.54, 1.807) is 0 Å². The summed E-state index contributed by atoms with van der Waals surface area (Å²) in [6, 6.07) is 19.3. The summed E-state index contributed by atoms with van der Waals surface area (Å²) in [4.78, 5) is 11.3. The third-order valence-electron chi connectivity index (χ3n) is 3.17. The first kappa shape index (κ1) is 14.7. The monoisotopic (exact) mass is 279 g/mol. The highest BCUT2D eigenvalue weighted by molar-refractivity contribution is 5.74. The van der Waals surface area contributed by atoms with Gasteiger partial charge in [-0.25, -0.2) is 4.79 Å². The molecule has 0 saturated carbocycles. The molecule has 0 aliphatic carbocycles. The fraction of sp³-hybridized carbons (Fsp3) is 0.167. The van der Waals surface area contributed by atoms with Crippen LogP contribution in [-0.2, 0) is 11.2 Å². The molecule has 3 heteroatoms. The molecule has 0 unspecified atom stereocenters. The lowest BCUT2D eigenvalue weighted by Crippen LogP contribution is -2.35. The van der Waals surface area contributed by atoms with E-state index in [4.69, 9.17) is 0 Å². The molecule has 0 bridgehead atoms. The van der Waals surface area contributed by atoms with Crippen LogP contribution in [0.2, 0.25) is 0 Å². The second-order valence-corrected chi connectivity index (χ2v) is 4.79. The van der Waals surface area contributed by atoms with Crippen molar-refractivity contribution < 1.29 is 9.90 Å². The number of carbonyl (C=O) groups is 1. The SMILES string of the molecule is Cc1ccccc1C#CN[C@@H](Cc1ccccc1)C(=O)O. The van der Waals surface area contributed by atoms with E-state index < -0.39 is 12.0 Å². The van der Waals surface area contributed by atoms with Gasteiger partial charge in [-0.3, -0.25) is 0 Å². The molecular weight excluding hydrogens is 262 g/mol. The average Bonchev–Trinajstić information content (AvgIpc) is 2.49. The Morgan fingerprint density at radius 1 is 1.14 bits per heavy atom. The molecule has 0 radical (unpaired) electrons. The molecular formula is C18H17NO2. The van der Waals surface area contributed by atoms with Crippen LogP contribution < -0.4 is 5.32 Å². The van der Waals surface area contributed by atoms with Crippen LogP contribution in [0.1, 0.15) is 16.7 Å². The van der Waals surface area contributed by atoms with E-state index in [9.17, 15) is 9.90 Å². The summed E-state index contributed by atoms with van der Waals surface area (Å²) in [7, 11) is 0. The van der Waals surface area contributed by atoms with Gasteiger partial charge in [-0.05, 0) is 30.0 Å². The number of aryl methyl sites for hydroxylation is 1. The van der Waals surface area contributed by atoms with Gasteiger partial charge in [-0.15, -0.1) is 0 Å². The van der Waals surface area contributed by atoms with Gasteiger partial charge in [0.1, 0.15) is 6.04 Å². The Morgan fingerprint density at radius 2 is 1.81 bits per heavy atom. The summed E-state index contributed by atoms with van der Waals surface area (Å²) < 4.78 is 0. The molecule has 0 saturated heterocycles. The minimum atomic E-state index is -0.905. The summed E-state index contributed by atoms with van der Waals surface area (Å²) in [5.74, 6) is 2.05. The van der Waals surface area contributed by atoms with E-state index >= 15 is 0 Å². The number of hydrogen-bond donors (Lipinski definition) is 2. The lowest BCUT2D eigenvalue weighted by atomic mass is 10.1. The van der Waals surface area contributed by atoms with Crippen molar-refractivity contribution in [2.45, 2.75) is 19.4 Å². The zero-order valence-electron chi connectivity index (χ0n) is 11.8. The Bertz CT molecular complexity index is 668. The summed E-state index contributed by atoms with van der Waals surface area (Å²) in [5, 5.41) is 12.0. The van der Waals surface area contributed by atoms with Crippen LogP contribution in [0.25, 0.3) is 0 Å². The lowest BCUT2D eigenvalue weighted by molar-refractivity contribution is -0.139. The van der Waals surface area contributed by atoms with E-state index in [0.29, 0.717) is 6.42 Å². The Morgan fingerprint density at radius 3 is 2.48 bits per heavy atom. The van der Waals surface area contributed by atoms with Gasteiger partial charge in [-0.2, -0.15) is 0 Å². The molecule has 2 aromatic rings. The second-order valence-electron chi connectivity index (χ2n) is 4.79. The minimum Gasteiger partial charge on any atom is -0.480 e. The first-order valence-electron chi connectivity index (χ1n) is 6.75. The number of nitrogens with one attached hydrogen (secondary N) is 1. The molecule has 0 spiro atoms. The van der Waals surface area contributed by atoms with Crippen molar-refractivity contribution in [3.63, 3.8) is 0 Å². The van der Waals surface area contributed by atoms with Gasteiger partial charge in [0, 0.05) is 18.0 Å². The van der Waals surface area contributed by atoms with Crippen LogP contribution in [0.15, 0.2) is 54.6 Å². The number of rotatable bonds is 4. The van der Waals surface area contributed by atoms with Crippen LogP contribution in [0.5, 0.6) is 0 Å². The maximum atomic E-state index is 11.3. The summed E-state index contributed by atoms with van der Waals surface area (Å²) in [6.07, 6.45) is 0.401. The predicted octanol–water partition coefficient (Wildman–Crippen LogP) is 2.59. The topological polar surface area (TPSA) is 49.3 Å². The molecule has 21 heavy (non-hydrogen) atoms. The van der Waals surface area contributed by atoms with E-state index in [2.05, 4.69) is 17.3 Å². The van der Waals surface area contributed by atoms with Crippen molar-refractivity contribution in [3.8, 4) is 12.0 Å². The van der Waals surface area contributed by atoms with Gasteiger partial charge in [0.2, 0.25) is 0 Å². The highest BCUT2D eigenvalue weighted by Crippen LogP contribution is 2.05. The minimum absolute atomic E-state index is 0.401. The van der Waals surface area contributed by atoms with E-state index in [-0.39, 0.29) is 0 Å². The summed E-state index contributed by atoms with van der Waals surface area (Å²) in [5.41, 5.74) is 2.94. The van der Waals surface area contributed by atoms with Crippen molar-refractivity contribution in [1.82, 2.24) is 5.32 Å². The first-order valence-corrected chi connectivity index (χ1v) is 6.75. The van der Waals surface area contributed by atoms with E-state index in [0.717, 1.165) is 16.7 Å². The Hall–Kier alpha value is -2.73. The first-order chi connectivity index (χ1) is 10.2. The maximum Gasteiger partial charge on any atom is 0.327 e. The number of carboxylic acid groups (broad SMARTS) is 1. The van der Waals surface area contributed by atoms with Crippen LogP contribution in [-0.4, -0.2) is 17.1 Å². The number of aliphatic carboxylic acids is 1. The van der Waals surface area contributed by atoms with E-state index in [1.165, 1.54) is 0 Å². The molecule has 0 heterocycles. The predicted molar refractivity (Wildman–Crippen MR) is 82.8 cm³/mol. The van der Waals surface area contributed by atoms with Gasteiger partial charge in [0.25, 0.3) is 0 Å². The molecule has 0 fully saturated rings. The fourth-order valence-electron chi connectivity index (χ4n) is 1.95. The molecule has 2 N–H and O–H groups in total. The number of benzene rings is 2. The summed E-state index contributed by atoms with van der Waals surface area (Å²) in [6.45, 7) is 1.97. The molecule has 0 aromatic heterocycles. The molecule has 3 nitrogen and oxygen atoms in total. The molecule has 2 rings (SSSR count). The molecule has 2 aromatic carbocycles. The Kier molecular flexibility index (Phi) is 5.00. The Labute approximate surface area is 124 Å². The third-order valence-corrected chi connectivity index (χ3v) is 3.17. The standard InChI is InChI=1S/C18H17NO2/c1-14-7-5-6-10-16(14)11-12-19-17(18(20)21)13-15-8-3-2-4-9-15/h2-10,17,19H,13H2,1H3,(H,20,21)/t17-/m0/s1. The molecule has 0 aliphatic rings. The molecule has 0 amide bonds. The van der Waals surface area contributed by atoms with Crippen molar-refractivity contribution >= 4 is 5.97 Å².